The molecule has 0 aromatic heterocycles. The quantitative estimate of drug-likeness (QED) is 0.285. The van der Waals surface area contributed by atoms with Crippen LogP contribution >= 0.6 is 0 Å². The first-order chi connectivity index (χ1) is 21.5. The summed E-state index contributed by atoms with van der Waals surface area (Å²) in [5, 5.41) is 0. The largest absolute Gasteiger partial charge is 0.463 e. The van der Waals surface area contributed by atoms with Crippen LogP contribution in [0.3, 0.4) is 0 Å². The molecule has 0 spiro atoms. The molecule has 2 aromatic rings. The molecule has 12 heteroatoms. The average Bonchev–Trinajstić information content (AvgIpc) is 3.35. The van der Waals surface area contributed by atoms with Gasteiger partial charge in [-0.05, 0) is 11.1 Å². The maximum absolute atomic E-state index is 13.2. The highest BCUT2D eigenvalue weighted by molar-refractivity contribution is 5.93. The van der Waals surface area contributed by atoms with Crippen molar-refractivity contribution >= 4 is 29.7 Å². The molecule has 0 N–H and O–H groups in total. The molecule has 2 heterocycles. The van der Waals surface area contributed by atoms with E-state index in [0.29, 0.717) is 26.2 Å². The van der Waals surface area contributed by atoms with Crippen LogP contribution in [0.2, 0.25) is 0 Å². The predicted octanol–water partition coefficient (Wildman–Crippen LogP) is 2.29. The molecular formula is C33H41N3O9. The van der Waals surface area contributed by atoms with E-state index in [2.05, 4.69) is 9.80 Å². The van der Waals surface area contributed by atoms with Gasteiger partial charge in [0.05, 0.1) is 6.17 Å². The molecule has 45 heavy (non-hydrogen) atoms. The molecule has 2 aromatic carbocycles. The fourth-order valence-corrected chi connectivity index (χ4v) is 6.28. The predicted molar refractivity (Wildman–Crippen MR) is 161 cm³/mol. The van der Waals surface area contributed by atoms with E-state index < -0.39 is 66.3 Å². The molecule has 4 rings (SSSR count). The Morgan fingerprint density at radius 3 is 1.60 bits per heavy atom. The molecule has 242 valence electrons. The van der Waals surface area contributed by atoms with Crippen molar-refractivity contribution in [2.45, 2.75) is 84.3 Å². The van der Waals surface area contributed by atoms with Crippen LogP contribution in [-0.4, -0.2) is 101 Å². The highest BCUT2D eigenvalue weighted by atomic mass is 16.6. The summed E-state index contributed by atoms with van der Waals surface area (Å²) in [5.74, 6) is -3.20. The molecule has 2 saturated heterocycles. The van der Waals surface area contributed by atoms with Gasteiger partial charge in [-0.3, -0.25) is 38.7 Å². The lowest BCUT2D eigenvalue weighted by molar-refractivity contribution is -0.249. The van der Waals surface area contributed by atoms with E-state index in [1.807, 2.05) is 60.7 Å². The molecule has 2 aliphatic heterocycles. The standard InChI is InChI=1S/C33H41N3O9/c1-21(37)36(22(2)38)29-31(44-25(5)41)30(43-24(4)40)28(20-42-23(3)39)45-32(29)33-34(18-26-12-8-6-9-13-26)16-17-35(33)19-27-14-10-7-11-15-27/h6-15,28-33H,16-20H2,1-5H3. The lowest BCUT2D eigenvalue weighted by Gasteiger charge is -2.51. The van der Waals surface area contributed by atoms with Gasteiger partial charge in [-0.2, -0.15) is 0 Å². The number of rotatable bonds is 10. The van der Waals surface area contributed by atoms with E-state index in [4.69, 9.17) is 18.9 Å². The highest BCUT2D eigenvalue weighted by Crippen LogP contribution is 2.37. The van der Waals surface area contributed by atoms with E-state index >= 15 is 0 Å². The molecule has 0 bridgehead atoms. The van der Waals surface area contributed by atoms with Gasteiger partial charge in [0.1, 0.15) is 24.9 Å². The second-order valence-electron chi connectivity index (χ2n) is 11.3. The Kier molecular flexibility index (Phi) is 11.4. The monoisotopic (exact) mass is 623 g/mol. The number of imide groups is 1. The summed E-state index contributed by atoms with van der Waals surface area (Å²) in [6.07, 6.45) is -5.23. The van der Waals surface area contributed by atoms with Crippen LogP contribution in [0.5, 0.6) is 0 Å². The second-order valence-corrected chi connectivity index (χ2v) is 11.3. The number of nitrogens with zero attached hydrogens (tertiary/aromatic N) is 3. The summed E-state index contributed by atoms with van der Waals surface area (Å²) in [6, 6.07) is 18.5. The first-order valence-corrected chi connectivity index (χ1v) is 15.0. The Bertz CT molecular complexity index is 1290. The highest BCUT2D eigenvalue weighted by Gasteiger charge is 2.58. The first kappa shape index (κ1) is 33.8. The number of carbonyl (C=O) groups is 5. The minimum absolute atomic E-state index is 0.321. The van der Waals surface area contributed by atoms with Crippen molar-refractivity contribution in [3.8, 4) is 0 Å². The van der Waals surface area contributed by atoms with Gasteiger partial charge in [0.25, 0.3) is 0 Å². The lowest BCUT2D eigenvalue weighted by Crippen LogP contribution is -2.72. The van der Waals surface area contributed by atoms with Crippen molar-refractivity contribution in [3.05, 3.63) is 71.8 Å². The Balaban J connectivity index is 1.88. The molecule has 0 radical (unpaired) electrons. The number of hydrogen-bond acceptors (Lipinski definition) is 11. The summed E-state index contributed by atoms with van der Waals surface area (Å²) < 4.78 is 23.5. The molecule has 5 unspecified atom stereocenters. The number of carbonyl (C=O) groups excluding carboxylic acids is 5. The normalized spacial score (nSPS) is 24.1. The third-order valence-corrected chi connectivity index (χ3v) is 7.90. The minimum atomic E-state index is -1.32. The van der Waals surface area contributed by atoms with Gasteiger partial charge >= 0.3 is 17.9 Å². The average molecular weight is 624 g/mol. The van der Waals surface area contributed by atoms with Crippen LogP contribution in [0.15, 0.2) is 60.7 Å². The zero-order chi connectivity index (χ0) is 32.7. The van der Waals surface area contributed by atoms with E-state index in [-0.39, 0.29) is 6.61 Å². The Morgan fingerprint density at radius 2 is 1.18 bits per heavy atom. The molecule has 2 fully saturated rings. The van der Waals surface area contributed by atoms with E-state index in [9.17, 15) is 24.0 Å². The van der Waals surface area contributed by atoms with Crippen LogP contribution in [0.1, 0.15) is 45.7 Å². The summed E-state index contributed by atoms with van der Waals surface area (Å²) in [4.78, 5) is 68.5. The van der Waals surface area contributed by atoms with Gasteiger partial charge in [-0.25, -0.2) is 0 Å². The third kappa shape index (κ3) is 8.53. The van der Waals surface area contributed by atoms with Crippen LogP contribution in [0, 0.1) is 0 Å². The topological polar surface area (TPSA) is 132 Å². The van der Waals surface area contributed by atoms with Crippen molar-refractivity contribution < 1.29 is 42.9 Å². The van der Waals surface area contributed by atoms with E-state index in [1.165, 1.54) is 34.6 Å². The van der Waals surface area contributed by atoms with Crippen molar-refractivity contribution in [3.63, 3.8) is 0 Å². The smallest absolute Gasteiger partial charge is 0.303 e. The van der Waals surface area contributed by atoms with Crippen LogP contribution in [0.4, 0.5) is 0 Å². The lowest BCUT2D eigenvalue weighted by atomic mass is 9.88. The number of hydrogen-bond donors (Lipinski definition) is 0. The fraction of sp³-hybridized carbons (Fsp3) is 0.485. The van der Waals surface area contributed by atoms with E-state index in [0.717, 1.165) is 16.0 Å². The zero-order valence-corrected chi connectivity index (χ0v) is 26.3. The molecule has 2 amide bonds. The van der Waals surface area contributed by atoms with E-state index in [1.54, 1.807) is 0 Å². The van der Waals surface area contributed by atoms with Crippen LogP contribution in [0.25, 0.3) is 0 Å². The number of ether oxygens (including phenoxy) is 4. The summed E-state index contributed by atoms with van der Waals surface area (Å²) >= 11 is 0. The summed E-state index contributed by atoms with van der Waals surface area (Å²) in [7, 11) is 0. The SMILES string of the molecule is CC(=O)OCC1OC(C2N(Cc3ccccc3)CCN2Cc2ccccc2)C(N(C(C)=O)C(C)=O)C(OC(C)=O)C1OC(C)=O. The number of amides is 2. The van der Waals surface area contributed by atoms with Gasteiger partial charge in [0.15, 0.2) is 12.2 Å². The van der Waals surface area contributed by atoms with Gasteiger partial charge in [0.2, 0.25) is 11.8 Å². The Labute approximate surface area is 263 Å². The van der Waals surface area contributed by atoms with Crippen molar-refractivity contribution in [2.75, 3.05) is 19.7 Å². The van der Waals surface area contributed by atoms with Gasteiger partial charge in [-0.1, -0.05) is 60.7 Å². The van der Waals surface area contributed by atoms with Gasteiger partial charge in [-0.15, -0.1) is 0 Å². The van der Waals surface area contributed by atoms with Crippen LogP contribution in [-0.2, 0) is 56.0 Å². The first-order valence-electron chi connectivity index (χ1n) is 15.0. The Hall–Kier alpha value is -4.13. The van der Waals surface area contributed by atoms with Gasteiger partial charge < -0.3 is 18.9 Å². The van der Waals surface area contributed by atoms with Crippen molar-refractivity contribution in [1.82, 2.24) is 14.7 Å². The minimum Gasteiger partial charge on any atom is -0.463 e. The molecule has 0 aliphatic carbocycles. The Morgan fingerprint density at radius 1 is 0.711 bits per heavy atom. The second kappa shape index (κ2) is 15.2. The van der Waals surface area contributed by atoms with Crippen molar-refractivity contribution in [1.29, 1.82) is 0 Å². The maximum atomic E-state index is 13.2. The maximum Gasteiger partial charge on any atom is 0.303 e. The molecule has 2 aliphatic rings. The number of benzene rings is 2. The van der Waals surface area contributed by atoms with Crippen molar-refractivity contribution in [2.24, 2.45) is 0 Å². The molecule has 0 saturated carbocycles. The fourth-order valence-electron chi connectivity index (χ4n) is 6.28. The third-order valence-electron chi connectivity index (χ3n) is 7.90. The summed E-state index contributed by atoms with van der Waals surface area (Å²) in [6.45, 7) is 8.06. The summed E-state index contributed by atoms with van der Waals surface area (Å²) in [5.41, 5.74) is 2.08. The number of esters is 3. The van der Waals surface area contributed by atoms with Crippen LogP contribution < -0.4 is 0 Å². The van der Waals surface area contributed by atoms with Gasteiger partial charge in [0, 0.05) is 60.8 Å². The zero-order valence-electron chi connectivity index (χ0n) is 26.3. The molecule has 5 atom stereocenters. The molecule has 12 nitrogen and oxygen atoms in total. The molecular weight excluding hydrogens is 582 g/mol.